The fraction of sp³-hybridized carbons (Fsp3) is 0.450. The van der Waals surface area contributed by atoms with Crippen molar-refractivity contribution < 1.29 is 8.42 Å². The van der Waals surface area contributed by atoms with E-state index in [1.165, 1.54) is 5.69 Å². The van der Waals surface area contributed by atoms with Crippen LogP contribution in [0.25, 0.3) is 0 Å². The predicted molar refractivity (Wildman–Crippen MR) is 111 cm³/mol. The maximum atomic E-state index is 12.3. The van der Waals surface area contributed by atoms with Crippen LogP contribution in [0.3, 0.4) is 0 Å². The van der Waals surface area contributed by atoms with E-state index in [0.29, 0.717) is 13.0 Å². The molecule has 6 nitrogen and oxygen atoms in total. The Hall–Kier alpha value is -2.28. The highest BCUT2D eigenvalue weighted by atomic mass is 32.2. The molecule has 27 heavy (non-hydrogen) atoms. The van der Waals surface area contributed by atoms with Crippen LogP contribution in [0.4, 0.5) is 0 Å². The van der Waals surface area contributed by atoms with E-state index in [0.717, 1.165) is 24.6 Å². The summed E-state index contributed by atoms with van der Waals surface area (Å²) in [7, 11) is 0.887. The molecule has 0 bridgehead atoms. The normalized spacial score (nSPS) is 12.2. The summed E-state index contributed by atoms with van der Waals surface area (Å²) in [5.74, 6) is 1.02. The summed E-state index contributed by atoms with van der Waals surface area (Å²) >= 11 is 0. The zero-order valence-corrected chi connectivity index (χ0v) is 17.2. The molecule has 1 aromatic carbocycles. The van der Waals surface area contributed by atoms with Crippen LogP contribution in [0.5, 0.6) is 0 Å². The second-order valence-corrected chi connectivity index (χ2v) is 8.82. The quantitative estimate of drug-likeness (QED) is 0.406. The van der Waals surface area contributed by atoms with Crippen molar-refractivity contribution >= 4 is 15.8 Å². The number of aryl methyl sites for hydroxylation is 1. The van der Waals surface area contributed by atoms with E-state index in [2.05, 4.69) is 25.8 Å². The summed E-state index contributed by atoms with van der Waals surface area (Å²) in [5, 5.41) is 3.27. The van der Waals surface area contributed by atoms with Crippen molar-refractivity contribution in [3.8, 4) is 0 Å². The minimum Gasteiger partial charge on any atom is -0.357 e. The Kier molecular flexibility index (Phi) is 7.91. The molecule has 0 saturated carbocycles. The molecule has 2 rings (SSSR count). The van der Waals surface area contributed by atoms with Crippen molar-refractivity contribution in [2.45, 2.75) is 25.6 Å². The maximum absolute atomic E-state index is 12.3. The van der Waals surface area contributed by atoms with Gasteiger partial charge in [0, 0.05) is 39.1 Å². The monoisotopic (exact) mass is 390 g/mol. The molecule has 2 aromatic rings. The Bertz CT molecular complexity index is 829. The molecule has 0 amide bonds. The highest BCUT2D eigenvalue weighted by molar-refractivity contribution is 7.90. The fourth-order valence-electron chi connectivity index (χ4n) is 2.82. The summed E-state index contributed by atoms with van der Waals surface area (Å²) in [4.78, 5) is 6.64. The summed E-state index contributed by atoms with van der Waals surface area (Å²) in [6.07, 6.45) is 2.53. The topological polar surface area (TPSA) is 66.7 Å². The van der Waals surface area contributed by atoms with Crippen LogP contribution < -0.4 is 5.32 Å². The van der Waals surface area contributed by atoms with Crippen LogP contribution in [0.15, 0.2) is 53.7 Å². The van der Waals surface area contributed by atoms with Crippen molar-refractivity contribution in [3.05, 3.63) is 59.9 Å². The summed E-state index contributed by atoms with van der Waals surface area (Å²) in [6, 6.07) is 13.4. The average molecular weight is 391 g/mol. The SMILES string of the molecule is CCNC(=NCCCS(=O)(=O)Cc1ccccc1)N(C)Cc1cccn1C. The van der Waals surface area contributed by atoms with Crippen LogP contribution >= 0.6 is 0 Å². The van der Waals surface area contributed by atoms with Gasteiger partial charge in [0.25, 0.3) is 0 Å². The van der Waals surface area contributed by atoms with Crippen molar-refractivity contribution in [2.75, 3.05) is 25.9 Å². The molecule has 0 spiro atoms. The Morgan fingerprint density at radius 1 is 1.19 bits per heavy atom. The van der Waals surface area contributed by atoms with Gasteiger partial charge in [0.15, 0.2) is 15.8 Å². The van der Waals surface area contributed by atoms with Gasteiger partial charge >= 0.3 is 0 Å². The molecule has 0 fully saturated rings. The van der Waals surface area contributed by atoms with Gasteiger partial charge in [0.1, 0.15) is 0 Å². The van der Waals surface area contributed by atoms with Gasteiger partial charge in [-0.2, -0.15) is 0 Å². The van der Waals surface area contributed by atoms with Crippen LogP contribution in [-0.2, 0) is 29.2 Å². The van der Waals surface area contributed by atoms with Crippen LogP contribution in [0.1, 0.15) is 24.6 Å². The fourth-order valence-corrected chi connectivity index (χ4v) is 4.23. The number of aromatic nitrogens is 1. The van der Waals surface area contributed by atoms with Gasteiger partial charge in [0.05, 0.1) is 18.1 Å². The minimum atomic E-state index is -3.12. The molecular formula is C20H30N4O2S. The average Bonchev–Trinajstić information content (AvgIpc) is 3.02. The zero-order valence-electron chi connectivity index (χ0n) is 16.4. The van der Waals surface area contributed by atoms with Gasteiger partial charge in [0.2, 0.25) is 0 Å². The number of nitrogens with zero attached hydrogens (tertiary/aromatic N) is 3. The van der Waals surface area contributed by atoms with E-state index in [-0.39, 0.29) is 11.5 Å². The lowest BCUT2D eigenvalue weighted by atomic mass is 10.2. The molecule has 0 saturated heterocycles. The zero-order chi connectivity index (χ0) is 19.7. The number of aliphatic imine (C=N–C) groups is 1. The molecule has 0 unspecified atom stereocenters. The lowest BCUT2D eigenvalue weighted by Gasteiger charge is -2.22. The largest absolute Gasteiger partial charge is 0.357 e. The smallest absolute Gasteiger partial charge is 0.194 e. The summed E-state index contributed by atoms with van der Waals surface area (Å²) in [6.45, 7) is 4.01. The van der Waals surface area contributed by atoms with Crippen molar-refractivity contribution in [1.29, 1.82) is 0 Å². The first-order valence-electron chi connectivity index (χ1n) is 9.25. The summed E-state index contributed by atoms with van der Waals surface area (Å²) < 4.78 is 26.6. The van der Waals surface area contributed by atoms with Gasteiger partial charge in [-0.15, -0.1) is 0 Å². The first-order chi connectivity index (χ1) is 12.9. The molecule has 1 heterocycles. The molecular weight excluding hydrogens is 360 g/mol. The molecule has 0 radical (unpaired) electrons. The van der Waals surface area contributed by atoms with Crippen LogP contribution in [0.2, 0.25) is 0 Å². The third-order valence-electron chi connectivity index (χ3n) is 4.25. The van der Waals surface area contributed by atoms with E-state index in [1.807, 2.05) is 63.6 Å². The number of hydrogen-bond acceptors (Lipinski definition) is 3. The first kappa shape index (κ1) is 21.0. The third-order valence-corrected chi connectivity index (χ3v) is 5.94. The molecule has 0 aliphatic carbocycles. The van der Waals surface area contributed by atoms with Crippen molar-refractivity contribution in [2.24, 2.45) is 12.0 Å². The standard InChI is InChI=1S/C20H30N4O2S/c1-4-21-20(24(3)16-19-12-8-14-23(19)2)22-13-9-15-27(25,26)17-18-10-6-5-7-11-18/h5-8,10-12,14H,4,9,13,15-17H2,1-3H3,(H,21,22). The van der Waals surface area contributed by atoms with Gasteiger partial charge in [-0.25, -0.2) is 8.42 Å². The van der Waals surface area contributed by atoms with Gasteiger partial charge in [-0.1, -0.05) is 30.3 Å². The van der Waals surface area contributed by atoms with E-state index in [9.17, 15) is 8.42 Å². The second kappa shape index (κ2) is 10.2. The number of benzene rings is 1. The molecule has 0 aliphatic rings. The van der Waals surface area contributed by atoms with Crippen molar-refractivity contribution in [1.82, 2.24) is 14.8 Å². The lowest BCUT2D eigenvalue weighted by Crippen LogP contribution is -2.39. The number of nitrogens with one attached hydrogen (secondary N) is 1. The van der Waals surface area contributed by atoms with E-state index in [4.69, 9.17) is 0 Å². The van der Waals surface area contributed by atoms with Crippen LogP contribution in [0, 0.1) is 0 Å². The molecule has 1 aromatic heterocycles. The molecule has 1 N–H and O–H groups in total. The number of sulfone groups is 1. The Balaban J connectivity index is 1.88. The number of guanidine groups is 1. The van der Waals surface area contributed by atoms with Crippen LogP contribution in [-0.4, -0.2) is 49.7 Å². The second-order valence-electron chi connectivity index (χ2n) is 6.63. The number of hydrogen-bond donors (Lipinski definition) is 1. The Labute approximate surface area is 162 Å². The first-order valence-corrected chi connectivity index (χ1v) is 11.1. The van der Waals surface area contributed by atoms with E-state index < -0.39 is 9.84 Å². The van der Waals surface area contributed by atoms with Gasteiger partial charge in [-0.05, 0) is 31.0 Å². The highest BCUT2D eigenvalue weighted by Gasteiger charge is 2.12. The Morgan fingerprint density at radius 2 is 1.93 bits per heavy atom. The van der Waals surface area contributed by atoms with Gasteiger partial charge in [-0.3, -0.25) is 4.99 Å². The summed E-state index contributed by atoms with van der Waals surface area (Å²) in [5.41, 5.74) is 2.02. The van der Waals surface area contributed by atoms with Gasteiger partial charge < -0.3 is 14.8 Å². The van der Waals surface area contributed by atoms with E-state index in [1.54, 1.807) is 0 Å². The third kappa shape index (κ3) is 7.09. The molecule has 7 heteroatoms. The molecule has 0 aliphatic heterocycles. The number of rotatable bonds is 9. The van der Waals surface area contributed by atoms with E-state index >= 15 is 0 Å². The Morgan fingerprint density at radius 3 is 2.56 bits per heavy atom. The molecule has 148 valence electrons. The predicted octanol–water partition coefficient (Wildman–Crippen LogP) is 2.43. The molecule has 0 atom stereocenters. The lowest BCUT2D eigenvalue weighted by molar-refractivity contribution is 0.462. The minimum absolute atomic E-state index is 0.0883. The maximum Gasteiger partial charge on any atom is 0.194 e. The highest BCUT2D eigenvalue weighted by Crippen LogP contribution is 2.08. The van der Waals surface area contributed by atoms with Crippen molar-refractivity contribution in [3.63, 3.8) is 0 Å².